The molecule has 0 aromatic heterocycles. The lowest BCUT2D eigenvalue weighted by molar-refractivity contribution is 0.0948. The van der Waals surface area contributed by atoms with E-state index in [-0.39, 0.29) is 17.1 Å². The third-order valence-electron chi connectivity index (χ3n) is 2.90. The van der Waals surface area contributed by atoms with Crippen LogP contribution in [0.1, 0.15) is 21.5 Å². The molecule has 0 bridgehead atoms. The van der Waals surface area contributed by atoms with Gasteiger partial charge in [0.25, 0.3) is 5.91 Å². The van der Waals surface area contributed by atoms with E-state index in [1.165, 1.54) is 18.2 Å². The molecule has 0 aliphatic heterocycles. The molecule has 5 N–H and O–H groups in total. The molecule has 2 rings (SSSR count). The molecule has 0 saturated carbocycles. The summed E-state index contributed by atoms with van der Waals surface area (Å²) in [7, 11) is 0. The fraction of sp³-hybridized carbons (Fsp3) is 0.133. The van der Waals surface area contributed by atoms with Crippen molar-refractivity contribution in [2.75, 3.05) is 0 Å². The first-order valence-electron chi connectivity index (χ1n) is 6.18. The molecule has 20 heavy (non-hydrogen) atoms. The number of aromatic hydroxyl groups is 2. The molecule has 0 saturated heterocycles. The van der Waals surface area contributed by atoms with E-state index in [0.717, 1.165) is 11.1 Å². The van der Waals surface area contributed by atoms with Crippen LogP contribution in [0.2, 0.25) is 0 Å². The number of nitrogens with one attached hydrogen (secondary N) is 1. The van der Waals surface area contributed by atoms with Gasteiger partial charge in [0, 0.05) is 13.1 Å². The molecule has 2 aromatic rings. The van der Waals surface area contributed by atoms with Crippen LogP contribution in [0, 0.1) is 0 Å². The Morgan fingerprint density at radius 3 is 2.60 bits per heavy atom. The van der Waals surface area contributed by atoms with Crippen molar-refractivity contribution in [2.24, 2.45) is 5.73 Å². The molecule has 0 fully saturated rings. The van der Waals surface area contributed by atoms with Crippen LogP contribution in [-0.2, 0) is 13.1 Å². The number of hydrogen-bond donors (Lipinski definition) is 4. The van der Waals surface area contributed by atoms with Crippen LogP contribution in [0.25, 0.3) is 0 Å². The van der Waals surface area contributed by atoms with Crippen molar-refractivity contribution < 1.29 is 15.0 Å². The van der Waals surface area contributed by atoms with Crippen molar-refractivity contribution in [1.82, 2.24) is 5.32 Å². The predicted molar refractivity (Wildman–Crippen MR) is 75.3 cm³/mol. The number of amides is 1. The van der Waals surface area contributed by atoms with E-state index in [1.54, 1.807) is 0 Å². The molecular formula is C15H16N2O3. The second-order valence-corrected chi connectivity index (χ2v) is 4.41. The minimum absolute atomic E-state index is 0.0416. The molecule has 0 radical (unpaired) electrons. The highest BCUT2D eigenvalue weighted by Gasteiger charge is 2.11. The average molecular weight is 272 g/mol. The Balaban J connectivity index is 2.06. The molecule has 0 heterocycles. The number of nitrogens with two attached hydrogens (primary N) is 1. The summed E-state index contributed by atoms with van der Waals surface area (Å²) in [6.45, 7) is 0.761. The highest BCUT2D eigenvalue weighted by molar-refractivity contribution is 5.97. The molecule has 0 aliphatic carbocycles. The smallest absolute Gasteiger partial charge is 0.255 e. The zero-order valence-corrected chi connectivity index (χ0v) is 10.8. The number of hydrogen-bond acceptors (Lipinski definition) is 4. The minimum atomic E-state index is -0.448. The Morgan fingerprint density at radius 1 is 1.10 bits per heavy atom. The Kier molecular flexibility index (Phi) is 4.22. The highest BCUT2D eigenvalue weighted by atomic mass is 16.3. The minimum Gasteiger partial charge on any atom is -0.508 e. The van der Waals surface area contributed by atoms with Crippen molar-refractivity contribution in [3.05, 3.63) is 59.2 Å². The number of phenols is 2. The first kappa shape index (κ1) is 13.9. The summed E-state index contributed by atoms with van der Waals surface area (Å²) in [4.78, 5) is 11.9. The van der Waals surface area contributed by atoms with Gasteiger partial charge in [-0.3, -0.25) is 4.79 Å². The summed E-state index contributed by atoms with van der Waals surface area (Å²) in [5.74, 6) is -0.689. The van der Waals surface area contributed by atoms with Crippen LogP contribution < -0.4 is 11.1 Å². The average Bonchev–Trinajstić information content (AvgIpc) is 2.47. The monoisotopic (exact) mass is 272 g/mol. The number of rotatable bonds is 4. The van der Waals surface area contributed by atoms with E-state index < -0.39 is 5.91 Å². The summed E-state index contributed by atoms with van der Waals surface area (Å²) < 4.78 is 0. The zero-order chi connectivity index (χ0) is 14.5. The van der Waals surface area contributed by atoms with E-state index >= 15 is 0 Å². The van der Waals surface area contributed by atoms with Gasteiger partial charge in [-0.25, -0.2) is 0 Å². The van der Waals surface area contributed by atoms with Gasteiger partial charge in [-0.05, 0) is 29.3 Å². The Labute approximate surface area is 116 Å². The zero-order valence-electron chi connectivity index (χ0n) is 10.8. The topological polar surface area (TPSA) is 95.6 Å². The molecule has 104 valence electrons. The van der Waals surface area contributed by atoms with Crippen LogP contribution >= 0.6 is 0 Å². The van der Waals surface area contributed by atoms with Crippen molar-refractivity contribution in [3.8, 4) is 11.5 Å². The predicted octanol–water partition coefficient (Wildman–Crippen LogP) is 1.49. The largest absolute Gasteiger partial charge is 0.508 e. The van der Waals surface area contributed by atoms with Crippen molar-refractivity contribution >= 4 is 5.91 Å². The summed E-state index contributed by atoms with van der Waals surface area (Å²) in [5, 5.41) is 21.6. The van der Waals surface area contributed by atoms with Gasteiger partial charge in [0.15, 0.2) is 0 Å². The molecule has 0 aliphatic rings. The van der Waals surface area contributed by atoms with Crippen molar-refractivity contribution in [3.63, 3.8) is 0 Å². The Hall–Kier alpha value is -2.53. The molecule has 1 amide bonds. The number of phenolic OH excluding ortho intramolecular Hbond substituents is 2. The van der Waals surface area contributed by atoms with Crippen molar-refractivity contribution in [2.45, 2.75) is 13.1 Å². The fourth-order valence-corrected chi connectivity index (χ4v) is 1.85. The van der Waals surface area contributed by atoms with E-state index in [1.807, 2.05) is 24.3 Å². The van der Waals surface area contributed by atoms with Gasteiger partial charge in [-0.2, -0.15) is 0 Å². The van der Waals surface area contributed by atoms with Crippen LogP contribution in [0.3, 0.4) is 0 Å². The summed E-state index contributed by atoms with van der Waals surface area (Å²) in [5.41, 5.74) is 7.50. The van der Waals surface area contributed by atoms with Gasteiger partial charge >= 0.3 is 0 Å². The molecule has 0 unspecified atom stereocenters. The van der Waals surface area contributed by atoms with E-state index in [2.05, 4.69) is 5.32 Å². The normalized spacial score (nSPS) is 10.2. The second kappa shape index (κ2) is 6.08. The Morgan fingerprint density at radius 2 is 1.85 bits per heavy atom. The maximum atomic E-state index is 11.9. The SMILES string of the molecule is NCc1cccc(CNC(=O)c2cc(O)ccc2O)c1. The molecule has 5 nitrogen and oxygen atoms in total. The van der Waals surface area contributed by atoms with Gasteiger partial charge in [-0.15, -0.1) is 0 Å². The van der Waals surface area contributed by atoms with Gasteiger partial charge in [-0.1, -0.05) is 24.3 Å². The maximum Gasteiger partial charge on any atom is 0.255 e. The van der Waals surface area contributed by atoms with Crippen molar-refractivity contribution in [1.29, 1.82) is 0 Å². The summed E-state index contributed by atoms with van der Waals surface area (Å²) in [6, 6.07) is 11.4. The quantitative estimate of drug-likeness (QED) is 0.634. The molecule has 5 heteroatoms. The standard InChI is InChI=1S/C15H16N2O3/c16-8-10-2-1-3-11(6-10)9-17-15(20)13-7-12(18)4-5-14(13)19/h1-7,18-19H,8-9,16H2,(H,17,20). The Bertz CT molecular complexity index is 626. The summed E-state index contributed by atoms with van der Waals surface area (Å²) in [6.07, 6.45) is 0. The van der Waals surface area contributed by atoms with E-state index in [4.69, 9.17) is 5.73 Å². The van der Waals surface area contributed by atoms with Gasteiger partial charge in [0.1, 0.15) is 11.5 Å². The van der Waals surface area contributed by atoms with Crippen LogP contribution in [0.5, 0.6) is 11.5 Å². The number of benzene rings is 2. The second-order valence-electron chi connectivity index (χ2n) is 4.41. The summed E-state index contributed by atoms with van der Waals surface area (Å²) >= 11 is 0. The lowest BCUT2D eigenvalue weighted by atomic mass is 10.1. The molecule has 0 spiro atoms. The third-order valence-corrected chi connectivity index (χ3v) is 2.90. The number of carbonyl (C=O) groups excluding carboxylic acids is 1. The first-order valence-corrected chi connectivity index (χ1v) is 6.18. The lowest BCUT2D eigenvalue weighted by Crippen LogP contribution is -2.22. The van der Waals surface area contributed by atoms with E-state index in [0.29, 0.717) is 13.1 Å². The van der Waals surface area contributed by atoms with Gasteiger partial charge in [0.05, 0.1) is 5.56 Å². The third kappa shape index (κ3) is 3.27. The van der Waals surface area contributed by atoms with Crippen LogP contribution in [0.15, 0.2) is 42.5 Å². The molecule has 2 aromatic carbocycles. The lowest BCUT2D eigenvalue weighted by Gasteiger charge is -2.08. The number of carbonyl (C=O) groups is 1. The molecular weight excluding hydrogens is 256 g/mol. The highest BCUT2D eigenvalue weighted by Crippen LogP contribution is 2.21. The first-order chi connectivity index (χ1) is 9.60. The maximum absolute atomic E-state index is 11.9. The van der Waals surface area contributed by atoms with E-state index in [9.17, 15) is 15.0 Å². The van der Waals surface area contributed by atoms with Crippen LogP contribution in [0.4, 0.5) is 0 Å². The molecule has 0 atom stereocenters. The fourth-order valence-electron chi connectivity index (χ4n) is 1.85. The van der Waals surface area contributed by atoms with Gasteiger partial charge in [0.2, 0.25) is 0 Å². The van der Waals surface area contributed by atoms with Crippen LogP contribution in [-0.4, -0.2) is 16.1 Å². The van der Waals surface area contributed by atoms with Gasteiger partial charge < -0.3 is 21.3 Å².